The zero-order valence-electron chi connectivity index (χ0n) is 7.44. The average molecular weight is 152 g/mol. The maximum Gasteiger partial charge on any atom is 0.146 e. The summed E-state index contributed by atoms with van der Waals surface area (Å²) in [5.74, 6) is 0.532. The van der Waals surface area contributed by atoms with Gasteiger partial charge < -0.3 is 0 Å². The zero-order valence-corrected chi connectivity index (χ0v) is 7.44. The van der Waals surface area contributed by atoms with Crippen molar-refractivity contribution in [3.8, 4) is 0 Å². The van der Waals surface area contributed by atoms with Crippen molar-refractivity contribution < 1.29 is 4.79 Å². The van der Waals surface area contributed by atoms with E-state index in [2.05, 4.69) is 13.8 Å². The number of carbonyl (C=O) groups excluding carboxylic acids is 1. The van der Waals surface area contributed by atoms with Crippen molar-refractivity contribution >= 4 is 5.78 Å². The highest BCUT2D eigenvalue weighted by atomic mass is 16.1. The van der Waals surface area contributed by atoms with Crippen molar-refractivity contribution in [3.63, 3.8) is 0 Å². The van der Waals surface area contributed by atoms with Crippen molar-refractivity contribution in [2.75, 3.05) is 0 Å². The standard InChI is InChI=1S/C10H16O/c1-9-6-4-3-5-7-10(9,2)8(9)11/h3-7H2,1-2H3/t9-,10+. The van der Waals surface area contributed by atoms with E-state index in [1.54, 1.807) is 0 Å². The molecule has 0 aromatic rings. The lowest BCUT2D eigenvalue weighted by Crippen LogP contribution is -2.04. The Balaban J connectivity index is 2.25. The third kappa shape index (κ3) is 0.692. The van der Waals surface area contributed by atoms with Crippen LogP contribution in [0.5, 0.6) is 0 Å². The first-order valence-corrected chi connectivity index (χ1v) is 4.66. The van der Waals surface area contributed by atoms with Crippen LogP contribution in [0.3, 0.4) is 0 Å². The molecule has 2 aliphatic carbocycles. The summed E-state index contributed by atoms with van der Waals surface area (Å²) in [5, 5.41) is 0. The molecular formula is C10H16O. The number of hydrogen-bond donors (Lipinski definition) is 0. The molecule has 62 valence electrons. The summed E-state index contributed by atoms with van der Waals surface area (Å²) >= 11 is 0. The number of carbonyl (C=O) groups is 1. The van der Waals surface area contributed by atoms with Gasteiger partial charge in [0.15, 0.2) is 0 Å². The molecule has 0 unspecified atom stereocenters. The van der Waals surface area contributed by atoms with E-state index in [9.17, 15) is 4.79 Å². The van der Waals surface area contributed by atoms with Crippen LogP contribution in [-0.4, -0.2) is 5.78 Å². The van der Waals surface area contributed by atoms with Crippen LogP contribution >= 0.6 is 0 Å². The number of fused-ring (bicyclic) bond motifs is 1. The molecule has 0 radical (unpaired) electrons. The molecule has 1 nitrogen and oxygen atoms in total. The maximum absolute atomic E-state index is 11.5. The van der Waals surface area contributed by atoms with Crippen LogP contribution in [0.2, 0.25) is 0 Å². The number of rotatable bonds is 0. The molecule has 0 N–H and O–H groups in total. The van der Waals surface area contributed by atoms with Crippen molar-refractivity contribution in [2.24, 2.45) is 10.8 Å². The molecule has 0 amide bonds. The van der Waals surface area contributed by atoms with Crippen LogP contribution in [0.1, 0.15) is 46.0 Å². The van der Waals surface area contributed by atoms with Gasteiger partial charge in [0.1, 0.15) is 5.78 Å². The van der Waals surface area contributed by atoms with E-state index in [0.717, 1.165) is 12.8 Å². The molecule has 2 aliphatic rings. The van der Waals surface area contributed by atoms with Crippen molar-refractivity contribution in [3.05, 3.63) is 0 Å². The van der Waals surface area contributed by atoms with Gasteiger partial charge in [-0.1, -0.05) is 33.1 Å². The van der Waals surface area contributed by atoms with Crippen molar-refractivity contribution in [1.29, 1.82) is 0 Å². The lowest BCUT2D eigenvalue weighted by Gasteiger charge is -2.09. The van der Waals surface area contributed by atoms with E-state index in [4.69, 9.17) is 0 Å². The van der Waals surface area contributed by atoms with Gasteiger partial charge in [0, 0.05) is 10.8 Å². The lowest BCUT2D eigenvalue weighted by molar-refractivity contribution is -0.114. The van der Waals surface area contributed by atoms with Crippen LogP contribution < -0.4 is 0 Å². The van der Waals surface area contributed by atoms with Gasteiger partial charge in [-0.3, -0.25) is 4.79 Å². The molecule has 0 saturated heterocycles. The Morgan fingerprint density at radius 1 is 1.00 bits per heavy atom. The second-order valence-corrected chi connectivity index (χ2v) is 4.55. The molecule has 1 heteroatoms. The van der Waals surface area contributed by atoms with Gasteiger partial charge in [-0.15, -0.1) is 0 Å². The fraction of sp³-hybridized carbons (Fsp3) is 0.900. The molecule has 2 saturated carbocycles. The fourth-order valence-electron chi connectivity index (χ4n) is 2.69. The second kappa shape index (κ2) is 1.88. The minimum Gasteiger partial charge on any atom is -0.298 e. The maximum atomic E-state index is 11.5. The fourth-order valence-corrected chi connectivity index (χ4v) is 2.69. The molecule has 0 heterocycles. The molecule has 0 bridgehead atoms. The first-order chi connectivity index (χ1) is 5.11. The minimum absolute atomic E-state index is 0.0868. The van der Waals surface area contributed by atoms with E-state index in [0.29, 0.717) is 5.78 Å². The topological polar surface area (TPSA) is 17.1 Å². The summed E-state index contributed by atoms with van der Waals surface area (Å²) in [6.45, 7) is 4.31. The summed E-state index contributed by atoms with van der Waals surface area (Å²) in [5.41, 5.74) is 0.174. The van der Waals surface area contributed by atoms with E-state index in [-0.39, 0.29) is 10.8 Å². The van der Waals surface area contributed by atoms with Crippen molar-refractivity contribution in [2.45, 2.75) is 46.0 Å². The lowest BCUT2D eigenvalue weighted by atomic mass is 9.92. The van der Waals surface area contributed by atoms with E-state index >= 15 is 0 Å². The SMILES string of the molecule is C[C@@]12CCCCC[C@]1(C)C2=O. The average Bonchev–Trinajstić information content (AvgIpc) is 2.44. The number of ketones is 1. The summed E-state index contributed by atoms with van der Waals surface area (Å²) in [7, 11) is 0. The Kier molecular flexibility index (Phi) is 1.25. The first-order valence-electron chi connectivity index (χ1n) is 4.66. The first kappa shape index (κ1) is 7.33. The van der Waals surface area contributed by atoms with E-state index in [1.165, 1.54) is 19.3 Å². The summed E-state index contributed by atoms with van der Waals surface area (Å²) in [6, 6.07) is 0. The largest absolute Gasteiger partial charge is 0.298 e. The molecule has 0 aromatic carbocycles. The normalized spacial score (nSPS) is 49.8. The van der Waals surface area contributed by atoms with Gasteiger partial charge in [-0.25, -0.2) is 0 Å². The minimum atomic E-state index is 0.0868. The zero-order chi connectivity index (χ0) is 8.11. The van der Waals surface area contributed by atoms with Gasteiger partial charge in [-0.2, -0.15) is 0 Å². The molecule has 2 fully saturated rings. The third-order valence-electron chi connectivity index (χ3n) is 4.01. The van der Waals surface area contributed by atoms with Gasteiger partial charge >= 0.3 is 0 Å². The van der Waals surface area contributed by atoms with Gasteiger partial charge in [0.05, 0.1) is 0 Å². The predicted octanol–water partition coefficient (Wildman–Crippen LogP) is 2.55. The van der Waals surface area contributed by atoms with Gasteiger partial charge in [-0.05, 0) is 12.8 Å². The van der Waals surface area contributed by atoms with Crippen molar-refractivity contribution in [1.82, 2.24) is 0 Å². The van der Waals surface area contributed by atoms with Gasteiger partial charge in [0.2, 0.25) is 0 Å². The van der Waals surface area contributed by atoms with Crippen LogP contribution in [0.4, 0.5) is 0 Å². The van der Waals surface area contributed by atoms with Crippen LogP contribution in [-0.2, 0) is 4.79 Å². The Morgan fingerprint density at radius 3 is 1.91 bits per heavy atom. The highest BCUT2D eigenvalue weighted by Gasteiger charge is 2.70. The second-order valence-electron chi connectivity index (χ2n) is 4.55. The summed E-state index contributed by atoms with van der Waals surface area (Å²) in [4.78, 5) is 11.5. The molecule has 0 spiro atoms. The molecule has 2 atom stereocenters. The Morgan fingerprint density at radius 2 is 1.45 bits per heavy atom. The Labute approximate surface area is 68.2 Å². The summed E-state index contributed by atoms with van der Waals surface area (Å²) < 4.78 is 0. The highest BCUT2D eigenvalue weighted by molar-refractivity contribution is 6.07. The molecule has 0 aliphatic heterocycles. The number of hydrogen-bond acceptors (Lipinski definition) is 1. The Bertz CT molecular complexity index is 189. The molecule has 11 heavy (non-hydrogen) atoms. The summed E-state index contributed by atoms with van der Waals surface area (Å²) in [6.07, 6.45) is 6.14. The van der Waals surface area contributed by atoms with Gasteiger partial charge in [0.25, 0.3) is 0 Å². The highest BCUT2D eigenvalue weighted by Crippen LogP contribution is 2.65. The van der Waals surface area contributed by atoms with Crippen LogP contribution in [0.15, 0.2) is 0 Å². The Hall–Kier alpha value is -0.330. The third-order valence-corrected chi connectivity index (χ3v) is 4.01. The molecule has 0 aromatic heterocycles. The van der Waals surface area contributed by atoms with Crippen LogP contribution in [0, 0.1) is 10.8 Å². The quantitative estimate of drug-likeness (QED) is 0.521. The molecular weight excluding hydrogens is 136 g/mol. The number of Topliss-reactive ketones (excluding diaryl/α,β-unsaturated/α-hetero) is 1. The van der Waals surface area contributed by atoms with E-state index < -0.39 is 0 Å². The monoisotopic (exact) mass is 152 g/mol. The predicted molar refractivity (Wildman–Crippen MR) is 44.3 cm³/mol. The molecule has 2 rings (SSSR count). The smallest absolute Gasteiger partial charge is 0.146 e. The van der Waals surface area contributed by atoms with Crippen LogP contribution in [0.25, 0.3) is 0 Å². The van der Waals surface area contributed by atoms with E-state index in [1.807, 2.05) is 0 Å².